The molecule has 1 aromatic carbocycles. The third-order valence-electron chi connectivity index (χ3n) is 4.16. The van der Waals surface area contributed by atoms with E-state index >= 15 is 0 Å². The van der Waals surface area contributed by atoms with Crippen LogP contribution in [0.4, 0.5) is 4.79 Å². The number of carbonyl (C=O) groups is 3. The number of aromatic amines is 1. The van der Waals surface area contributed by atoms with Crippen LogP contribution in [0.5, 0.6) is 0 Å². The first-order valence-electron chi connectivity index (χ1n) is 7.94. The van der Waals surface area contributed by atoms with Crippen LogP contribution in [0.15, 0.2) is 46.7 Å². The summed E-state index contributed by atoms with van der Waals surface area (Å²) in [6.07, 6.45) is 1.69. The zero-order chi connectivity index (χ0) is 18.3. The number of ketones is 1. The molecule has 0 atom stereocenters. The molecule has 0 unspecified atom stereocenters. The molecular weight excluding hydrogens is 368 g/mol. The summed E-state index contributed by atoms with van der Waals surface area (Å²) in [4.78, 5) is 43.1. The number of amides is 2. The van der Waals surface area contributed by atoms with E-state index in [0.29, 0.717) is 10.5 Å². The molecule has 0 spiro atoms. The molecule has 2 amide bonds. The Morgan fingerprint density at radius 1 is 1.19 bits per heavy atom. The van der Waals surface area contributed by atoms with Crippen molar-refractivity contribution in [3.8, 4) is 0 Å². The van der Waals surface area contributed by atoms with Crippen molar-refractivity contribution in [2.45, 2.75) is 6.92 Å². The minimum Gasteiger partial charge on any atom is -0.358 e. The van der Waals surface area contributed by atoms with Crippen LogP contribution in [-0.2, 0) is 4.79 Å². The highest BCUT2D eigenvalue weighted by Crippen LogP contribution is 2.33. The average molecular weight is 382 g/mol. The normalized spacial score (nSPS) is 16.2. The number of fused-ring (bicyclic) bond motifs is 1. The number of thioether (sulfide) groups is 1. The molecule has 1 saturated heterocycles. The van der Waals surface area contributed by atoms with Crippen LogP contribution in [0.25, 0.3) is 17.0 Å². The Bertz CT molecular complexity index is 1060. The van der Waals surface area contributed by atoms with Crippen LogP contribution in [0.1, 0.15) is 20.9 Å². The minimum atomic E-state index is -0.417. The SMILES string of the molecule is Cc1[nH]c2ccccc2c1C(=O)CN1C(=O)S/C(=C\c2cccs2)C1=O. The number of thiophene rings is 1. The van der Waals surface area contributed by atoms with Gasteiger partial charge in [0, 0.05) is 27.0 Å². The maximum atomic E-state index is 12.8. The van der Waals surface area contributed by atoms with E-state index in [1.54, 1.807) is 6.08 Å². The minimum absolute atomic E-state index is 0.250. The molecule has 0 radical (unpaired) electrons. The number of aromatic nitrogens is 1. The lowest BCUT2D eigenvalue weighted by molar-refractivity contribution is -0.122. The van der Waals surface area contributed by atoms with E-state index in [4.69, 9.17) is 0 Å². The van der Waals surface area contributed by atoms with Crippen molar-refractivity contribution in [2.75, 3.05) is 6.54 Å². The predicted molar refractivity (Wildman–Crippen MR) is 104 cm³/mol. The zero-order valence-corrected chi connectivity index (χ0v) is 15.4. The Kier molecular flexibility index (Phi) is 4.26. The standard InChI is InChI=1S/C19H14N2O3S2/c1-11-17(13-6-2-3-7-14(13)20-11)15(22)10-21-18(23)16(26-19(21)24)9-12-5-4-8-25-12/h2-9,20H,10H2,1H3/b16-9-. The van der Waals surface area contributed by atoms with E-state index < -0.39 is 11.1 Å². The van der Waals surface area contributed by atoms with E-state index in [9.17, 15) is 14.4 Å². The third-order valence-corrected chi connectivity index (χ3v) is 5.89. The Balaban J connectivity index is 1.60. The first-order chi connectivity index (χ1) is 12.5. The second-order valence-electron chi connectivity index (χ2n) is 5.88. The second kappa shape index (κ2) is 6.59. The highest BCUT2D eigenvalue weighted by molar-refractivity contribution is 8.18. The molecule has 1 N–H and O–H groups in total. The van der Waals surface area contributed by atoms with Crippen LogP contribution >= 0.6 is 23.1 Å². The van der Waals surface area contributed by atoms with E-state index in [2.05, 4.69) is 4.98 Å². The molecule has 1 aliphatic rings. The number of nitrogens with one attached hydrogen (secondary N) is 1. The van der Waals surface area contributed by atoms with Crippen molar-refractivity contribution in [3.63, 3.8) is 0 Å². The first kappa shape index (κ1) is 16.8. The van der Waals surface area contributed by atoms with Gasteiger partial charge in [0.1, 0.15) is 0 Å². The fourth-order valence-electron chi connectivity index (χ4n) is 3.00. The number of Topliss-reactive ketones (excluding diaryl/α,β-unsaturated/α-hetero) is 1. The van der Waals surface area contributed by atoms with E-state index in [-0.39, 0.29) is 12.3 Å². The Morgan fingerprint density at radius 3 is 2.77 bits per heavy atom. The largest absolute Gasteiger partial charge is 0.358 e. The molecule has 3 heterocycles. The van der Waals surface area contributed by atoms with Gasteiger partial charge in [-0.15, -0.1) is 11.3 Å². The van der Waals surface area contributed by atoms with E-state index in [1.165, 1.54) is 11.3 Å². The smallest absolute Gasteiger partial charge is 0.293 e. The van der Waals surface area contributed by atoms with Gasteiger partial charge in [-0.1, -0.05) is 24.3 Å². The lowest BCUT2D eigenvalue weighted by Gasteiger charge is -2.11. The van der Waals surface area contributed by atoms with Crippen LogP contribution in [-0.4, -0.2) is 33.4 Å². The third kappa shape index (κ3) is 2.89. The van der Waals surface area contributed by atoms with Gasteiger partial charge in [0.25, 0.3) is 11.1 Å². The molecule has 3 aromatic rings. The number of H-pyrrole nitrogens is 1. The number of benzene rings is 1. The Morgan fingerprint density at radius 2 is 2.00 bits per heavy atom. The lowest BCUT2D eigenvalue weighted by Crippen LogP contribution is -2.33. The van der Waals surface area contributed by atoms with Crippen molar-refractivity contribution in [2.24, 2.45) is 0 Å². The van der Waals surface area contributed by atoms with Gasteiger partial charge in [-0.25, -0.2) is 0 Å². The van der Waals surface area contributed by atoms with Crippen LogP contribution in [0.2, 0.25) is 0 Å². The van der Waals surface area contributed by atoms with Gasteiger partial charge in [0.15, 0.2) is 5.78 Å². The monoisotopic (exact) mass is 382 g/mol. The molecule has 130 valence electrons. The lowest BCUT2D eigenvalue weighted by atomic mass is 10.1. The summed E-state index contributed by atoms with van der Waals surface area (Å²) in [5.41, 5.74) is 2.12. The van der Waals surface area contributed by atoms with Crippen molar-refractivity contribution < 1.29 is 14.4 Å². The molecule has 0 bridgehead atoms. The summed E-state index contributed by atoms with van der Waals surface area (Å²) in [5.74, 6) is -0.668. The quantitative estimate of drug-likeness (QED) is 0.534. The fourth-order valence-corrected chi connectivity index (χ4v) is 4.56. The van der Waals surface area contributed by atoms with Gasteiger partial charge in [0.05, 0.1) is 11.4 Å². The first-order valence-corrected chi connectivity index (χ1v) is 9.63. The summed E-state index contributed by atoms with van der Waals surface area (Å²) >= 11 is 2.36. The van der Waals surface area contributed by atoms with Crippen LogP contribution in [0.3, 0.4) is 0 Å². The molecule has 0 saturated carbocycles. The van der Waals surface area contributed by atoms with E-state index in [0.717, 1.165) is 38.1 Å². The Hall–Kier alpha value is -2.64. The van der Waals surface area contributed by atoms with Gasteiger partial charge in [0.2, 0.25) is 0 Å². The number of aryl methyl sites for hydroxylation is 1. The zero-order valence-electron chi connectivity index (χ0n) is 13.8. The van der Waals surface area contributed by atoms with Crippen molar-refractivity contribution in [1.82, 2.24) is 9.88 Å². The number of hydrogen-bond acceptors (Lipinski definition) is 5. The number of hydrogen-bond donors (Lipinski definition) is 1. The van der Waals surface area contributed by atoms with Crippen LogP contribution < -0.4 is 0 Å². The molecule has 1 aliphatic heterocycles. The molecule has 1 fully saturated rings. The van der Waals surface area contributed by atoms with Crippen molar-refractivity contribution in [1.29, 1.82) is 0 Å². The van der Waals surface area contributed by atoms with Crippen LogP contribution in [0, 0.1) is 6.92 Å². The molecule has 2 aromatic heterocycles. The number of nitrogens with zero attached hydrogens (tertiary/aromatic N) is 1. The van der Waals surface area contributed by atoms with Gasteiger partial charge < -0.3 is 4.98 Å². The molecular formula is C19H14N2O3S2. The highest BCUT2D eigenvalue weighted by atomic mass is 32.2. The number of rotatable bonds is 4. The van der Waals surface area contributed by atoms with Gasteiger partial charge in [-0.3, -0.25) is 19.3 Å². The van der Waals surface area contributed by atoms with Gasteiger partial charge in [-0.2, -0.15) is 0 Å². The average Bonchev–Trinajstić information content (AvgIpc) is 3.29. The summed E-state index contributed by atoms with van der Waals surface area (Å²) < 4.78 is 0. The molecule has 26 heavy (non-hydrogen) atoms. The highest BCUT2D eigenvalue weighted by Gasteiger charge is 2.37. The van der Waals surface area contributed by atoms with Gasteiger partial charge >= 0.3 is 0 Å². The Labute approximate surface area is 157 Å². The predicted octanol–water partition coefficient (Wildman–Crippen LogP) is 4.46. The molecule has 0 aliphatic carbocycles. The summed E-state index contributed by atoms with van der Waals surface area (Å²) in [6.45, 7) is 1.56. The summed E-state index contributed by atoms with van der Waals surface area (Å²) in [6, 6.07) is 11.2. The maximum Gasteiger partial charge on any atom is 0.293 e. The number of para-hydroxylation sites is 1. The second-order valence-corrected chi connectivity index (χ2v) is 7.85. The van der Waals surface area contributed by atoms with Crippen molar-refractivity contribution in [3.05, 3.63) is 62.8 Å². The molecule has 4 rings (SSSR count). The fraction of sp³-hybridized carbons (Fsp3) is 0.105. The number of carbonyl (C=O) groups excluding carboxylic acids is 3. The summed E-state index contributed by atoms with van der Waals surface area (Å²) in [7, 11) is 0. The van der Waals surface area contributed by atoms with Crippen molar-refractivity contribution >= 4 is 57.0 Å². The van der Waals surface area contributed by atoms with E-state index in [1.807, 2.05) is 48.7 Å². The maximum absolute atomic E-state index is 12.8. The molecule has 5 nitrogen and oxygen atoms in total. The number of imide groups is 1. The summed E-state index contributed by atoms with van der Waals surface area (Å²) in [5, 5.41) is 2.29. The van der Waals surface area contributed by atoms with Gasteiger partial charge in [-0.05, 0) is 42.3 Å². The topological polar surface area (TPSA) is 70.2 Å². The molecule has 7 heteroatoms.